The zero-order valence-corrected chi connectivity index (χ0v) is 15.2. The first-order valence-electron chi connectivity index (χ1n) is 7.89. The van der Waals surface area contributed by atoms with E-state index in [1.807, 2.05) is 6.92 Å². The lowest BCUT2D eigenvalue weighted by molar-refractivity contribution is -0.121. The number of hydrogen-bond acceptors (Lipinski definition) is 5. The number of carbonyl (C=O) groups is 1. The lowest BCUT2D eigenvalue weighted by atomic mass is 10.2. The Morgan fingerprint density at radius 2 is 2.09 bits per heavy atom. The molecule has 0 aromatic carbocycles. The van der Waals surface area contributed by atoms with Crippen molar-refractivity contribution >= 4 is 27.3 Å². The lowest BCUT2D eigenvalue weighted by Gasteiger charge is -2.25. The summed E-state index contributed by atoms with van der Waals surface area (Å²) in [6.07, 6.45) is 2.17. The first-order chi connectivity index (χ1) is 10.9. The van der Waals surface area contributed by atoms with Gasteiger partial charge in [0.05, 0.1) is 19.6 Å². The van der Waals surface area contributed by atoms with Crippen LogP contribution in [0, 0.1) is 0 Å². The Morgan fingerprint density at radius 1 is 1.39 bits per heavy atom. The van der Waals surface area contributed by atoms with Gasteiger partial charge >= 0.3 is 0 Å². The number of hydrogen-bond donors (Lipinski definition) is 1. The van der Waals surface area contributed by atoms with E-state index in [9.17, 15) is 13.2 Å². The third kappa shape index (κ3) is 5.00. The smallest absolute Gasteiger partial charge is 0.252 e. The van der Waals surface area contributed by atoms with Crippen LogP contribution in [0.1, 0.15) is 31.6 Å². The molecule has 1 fully saturated rings. The molecule has 2 rings (SSSR count). The Hall–Kier alpha value is -0.960. The molecule has 130 valence electrons. The molecule has 1 aliphatic heterocycles. The van der Waals surface area contributed by atoms with Crippen LogP contribution >= 0.6 is 11.3 Å². The van der Waals surface area contributed by atoms with E-state index in [-0.39, 0.29) is 18.4 Å². The summed E-state index contributed by atoms with van der Waals surface area (Å²) in [6.45, 7) is 5.66. The maximum absolute atomic E-state index is 12.5. The normalized spacial score (nSPS) is 17.8. The van der Waals surface area contributed by atoms with Crippen LogP contribution in [0.5, 0.6) is 0 Å². The second-order valence-electron chi connectivity index (χ2n) is 5.67. The zero-order chi connectivity index (χ0) is 16.9. The van der Waals surface area contributed by atoms with Crippen molar-refractivity contribution in [1.29, 1.82) is 0 Å². The Bertz CT molecular complexity index is 621. The molecule has 8 heteroatoms. The van der Waals surface area contributed by atoms with Gasteiger partial charge in [0.15, 0.2) is 0 Å². The van der Waals surface area contributed by atoms with Crippen molar-refractivity contribution in [3.05, 3.63) is 17.0 Å². The molecule has 1 amide bonds. The highest BCUT2D eigenvalue weighted by atomic mass is 32.2. The van der Waals surface area contributed by atoms with Crippen LogP contribution in [-0.2, 0) is 26.0 Å². The van der Waals surface area contributed by atoms with Crippen LogP contribution < -0.4 is 5.32 Å². The minimum Gasteiger partial charge on any atom is -0.379 e. The molecule has 0 unspecified atom stereocenters. The third-order valence-electron chi connectivity index (χ3n) is 3.67. The van der Waals surface area contributed by atoms with Crippen LogP contribution in [0.15, 0.2) is 16.3 Å². The minimum absolute atomic E-state index is 0.0666. The summed E-state index contributed by atoms with van der Waals surface area (Å²) in [7, 11) is -3.47. The van der Waals surface area contributed by atoms with Gasteiger partial charge in [0.2, 0.25) is 5.91 Å². The predicted octanol–water partition coefficient (Wildman–Crippen LogP) is 1.62. The Morgan fingerprint density at radius 3 is 2.74 bits per heavy atom. The quantitative estimate of drug-likeness (QED) is 0.802. The Kier molecular flexibility index (Phi) is 6.58. The first kappa shape index (κ1) is 18.4. The van der Waals surface area contributed by atoms with Crippen LogP contribution in [-0.4, -0.2) is 51.0 Å². The number of amides is 1. The fourth-order valence-corrected chi connectivity index (χ4v) is 5.41. The van der Waals surface area contributed by atoms with E-state index in [1.54, 1.807) is 12.1 Å². The molecule has 1 aromatic rings. The van der Waals surface area contributed by atoms with Gasteiger partial charge in [0, 0.05) is 24.0 Å². The standard InChI is InChI=1S/C15H24N2O4S2/c1-3-4-12(2)16-14(18)11-13-5-6-15(22-13)23(19,20)17-7-9-21-10-8-17/h5-6,12H,3-4,7-11H2,1-2H3,(H,16,18)/t12-/m0/s1. The van der Waals surface area contributed by atoms with Crippen LogP contribution in [0.3, 0.4) is 0 Å². The van der Waals surface area contributed by atoms with Gasteiger partial charge in [-0.1, -0.05) is 13.3 Å². The van der Waals surface area contributed by atoms with Gasteiger partial charge in [-0.3, -0.25) is 4.79 Å². The maximum atomic E-state index is 12.5. The highest BCUT2D eigenvalue weighted by Crippen LogP contribution is 2.25. The van der Waals surface area contributed by atoms with Crippen molar-refractivity contribution in [1.82, 2.24) is 9.62 Å². The largest absolute Gasteiger partial charge is 0.379 e. The van der Waals surface area contributed by atoms with Crippen molar-refractivity contribution in [3.63, 3.8) is 0 Å². The van der Waals surface area contributed by atoms with Gasteiger partial charge in [-0.2, -0.15) is 4.31 Å². The van der Waals surface area contributed by atoms with Gasteiger partial charge in [-0.15, -0.1) is 11.3 Å². The molecule has 0 saturated carbocycles. The van der Waals surface area contributed by atoms with E-state index in [0.29, 0.717) is 30.5 Å². The Labute approximate surface area is 141 Å². The summed E-state index contributed by atoms with van der Waals surface area (Å²) in [6, 6.07) is 3.46. The number of carbonyl (C=O) groups excluding carboxylic acids is 1. The molecule has 0 bridgehead atoms. The topological polar surface area (TPSA) is 75.7 Å². The van der Waals surface area contributed by atoms with Gasteiger partial charge in [0.25, 0.3) is 10.0 Å². The van der Waals surface area contributed by atoms with Crippen molar-refractivity contribution in [2.45, 2.75) is 43.4 Å². The maximum Gasteiger partial charge on any atom is 0.252 e. The van der Waals surface area contributed by atoms with E-state index in [2.05, 4.69) is 12.2 Å². The van der Waals surface area contributed by atoms with Gasteiger partial charge in [-0.05, 0) is 25.5 Å². The number of ether oxygens (including phenoxy) is 1. The van der Waals surface area contributed by atoms with Gasteiger partial charge < -0.3 is 10.1 Å². The van der Waals surface area contributed by atoms with Crippen molar-refractivity contribution in [2.24, 2.45) is 0 Å². The summed E-state index contributed by atoms with van der Waals surface area (Å²) in [5.74, 6) is -0.0666. The van der Waals surface area contributed by atoms with Crippen molar-refractivity contribution in [3.8, 4) is 0 Å². The monoisotopic (exact) mass is 360 g/mol. The molecule has 0 radical (unpaired) electrons. The predicted molar refractivity (Wildman–Crippen MR) is 90.1 cm³/mol. The second-order valence-corrected chi connectivity index (χ2v) is 9.00. The SMILES string of the molecule is CCC[C@H](C)NC(=O)Cc1ccc(S(=O)(=O)N2CCOCC2)s1. The summed E-state index contributed by atoms with van der Waals surface area (Å²) >= 11 is 1.17. The van der Waals surface area contributed by atoms with E-state index in [0.717, 1.165) is 17.7 Å². The molecular weight excluding hydrogens is 336 g/mol. The zero-order valence-electron chi connectivity index (χ0n) is 13.6. The van der Waals surface area contributed by atoms with Crippen molar-refractivity contribution in [2.75, 3.05) is 26.3 Å². The number of nitrogens with zero attached hydrogens (tertiary/aromatic N) is 1. The molecule has 0 aliphatic carbocycles. The third-order valence-corrected chi connectivity index (χ3v) is 7.12. The van der Waals surface area contributed by atoms with E-state index >= 15 is 0 Å². The van der Waals surface area contributed by atoms with E-state index < -0.39 is 10.0 Å². The number of thiophene rings is 1. The van der Waals surface area contributed by atoms with E-state index in [4.69, 9.17) is 4.74 Å². The molecule has 1 N–H and O–H groups in total. The first-order valence-corrected chi connectivity index (χ1v) is 10.1. The molecule has 6 nitrogen and oxygen atoms in total. The molecular formula is C15H24N2O4S2. The summed E-state index contributed by atoms with van der Waals surface area (Å²) in [5.41, 5.74) is 0. The molecule has 1 aromatic heterocycles. The average molecular weight is 361 g/mol. The second kappa shape index (κ2) is 8.23. The fraction of sp³-hybridized carbons (Fsp3) is 0.667. The molecule has 2 heterocycles. The molecule has 23 heavy (non-hydrogen) atoms. The highest BCUT2D eigenvalue weighted by Gasteiger charge is 2.27. The summed E-state index contributed by atoms with van der Waals surface area (Å²) in [5, 5.41) is 2.93. The summed E-state index contributed by atoms with van der Waals surface area (Å²) < 4.78 is 32.0. The minimum atomic E-state index is -3.47. The van der Waals surface area contributed by atoms with Gasteiger partial charge in [-0.25, -0.2) is 8.42 Å². The highest BCUT2D eigenvalue weighted by molar-refractivity contribution is 7.91. The van der Waals surface area contributed by atoms with Crippen LogP contribution in [0.2, 0.25) is 0 Å². The van der Waals surface area contributed by atoms with E-state index in [1.165, 1.54) is 15.6 Å². The fourth-order valence-electron chi connectivity index (χ4n) is 2.50. The molecule has 1 saturated heterocycles. The van der Waals surface area contributed by atoms with Crippen LogP contribution in [0.4, 0.5) is 0 Å². The number of rotatable bonds is 7. The molecule has 1 atom stereocenters. The Balaban J connectivity index is 1.98. The van der Waals surface area contributed by atoms with Gasteiger partial charge in [0.1, 0.15) is 4.21 Å². The number of sulfonamides is 1. The molecule has 1 aliphatic rings. The average Bonchev–Trinajstić information content (AvgIpc) is 2.97. The number of nitrogens with one attached hydrogen (secondary N) is 1. The van der Waals surface area contributed by atoms with Crippen LogP contribution in [0.25, 0.3) is 0 Å². The number of morpholine rings is 1. The molecule has 0 spiro atoms. The summed E-state index contributed by atoms with van der Waals surface area (Å²) in [4.78, 5) is 12.7. The van der Waals surface area contributed by atoms with Crippen molar-refractivity contribution < 1.29 is 17.9 Å². The lowest BCUT2D eigenvalue weighted by Crippen LogP contribution is -2.40.